The number of methoxy groups -OCH3 is 2. The third-order valence-corrected chi connectivity index (χ3v) is 4.73. The molecule has 0 bridgehead atoms. The molecule has 0 atom stereocenters. The van der Waals surface area contributed by atoms with Crippen molar-refractivity contribution in [3.8, 4) is 17.2 Å². The van der Waals surface area contributed by atoms with E-state index in [4.69, 9.17) is 14.2 Å². The predicted octanol–water partition coefficient (Wildman–Crippen LogP) is 4.52. The molecule has 0 aliphatic rings. The van der Waals surface area contributed by atoms with Crippen molar-refractivity contribution in [3.63, 3.8) is 0 Å². The zero-order valence-electron chi connectivity index (χ0n) is 17.5. The van der Waals surface area contributed by atoms with E-state index < -0.39 is 0 Å². The number of ether oxygens (including phenoxy) is 3. The van der Waals surface area contributed by atoms with Crippen molar-refractivity contribution >= 4 is 11.6 Å². The molecule has 1 amide bonds. The first kappa shape index (κ1) is 21.4. The number of carbonyl (C=O) groups is 1. The maximum Gasteiger partial charge on any atom is 0.257 e. The monoisotopic (exact) mass is 412 g/mol. The van der Waals surface area contributed by atoms with Crippen LogP contribution in [0.5, 0.6) is 11.5 Å². The molecule has 0 unspecified atom stereocenters. The second kappa shape index (κ2) is 9.45. The minimum absolute atomic E-state index is 0.246. The lowest BCUT2D eigenvalue weighted by molar-refractivity contribution is 0.102. The summed E-state index contributed by atoms with van der Waals surface area (Å²) < 4.78 is 31.2. The second-order valence-corrected chi connectivity index (χ2v) is 6.76. The van der Waals surface area contributed by atoms with Crippen LogP contribution in [0.15, 0.2) is 48.5 Å². The molecule has 0 saturated carbocycles. The van der Waals surface area contributed by atoms with E-state index in [0.717, 1.165) is 17.1 Å². The normalized spacial score (nSPS) is 10.7. The number of nitrogens with one attached hydrogen (secondary N) is 1. The summed E-state index contributed by atoms with van der Waals surface area (Å²) in [6.45, 7) is 4.57. The zero-order chi connectivity index (χ0) is 21.7. The van der Waals surface area contributed by atoms with Crippen LogP contribution in [0.3, 0.4) is 0 Å². The molecular weight excluding hydrogens is 387 g/mol. The number of anilines is 1. The average molecular weight is 412 g/mol. The number of rotatable bonds is 8. The number of amides is 1. The number of hydrogen-bond acceptors (Lipinski definition) is 4. The van der Waals surface area contributed by atoms with Crippen molar-refractivity contribution in [1.82, 2.24) is 4.57 Å². The summed E-state index contributed by atoms with van der Waals surface area (Å²) >= 11 is 0. The van der Waals surface area contributed by atoms with Crippen molar-refractivity contribution in [1.29, 1.82) is 0 Å². The topological polar surface area (TPSA) is 61.7 Å². The van der Waals surface area contributed by atoms with Crippen molar-refractivity contribution < 1.29 is 23.4 Å². The highest BCUT2D eigenvalue weighted by Gasteiger charge is 2.17. The van der Waals surface area contributed by atoms with Gasteiger partial charge in [-0.2, -0.15) is 0 Å². The number of halogens is 1. The Labute approximate surface area is 175 Å². The largest absolute Gasteiger partial charge is 0.493 e. The summed E-state index contributed by atoms with van der Waals surface area (Å²) in [4.78, 5) is 12.9. The Hall–Kier alpha value is -3.32. The molecule has 0 radical (unpaired) electrons. The van der Waals surface area contributed by atoms with Crippen molar-refractivity contribution in [3.05, 3.63) is 71.3 Å². The number of aromatic nitrogens is 1. The van der Waals surface area contributed by atoms with Gasteiger partial charge in [-0.1, -0.05) is 0 Å². The van der Waals surface area contributed by atoms with Crippen LogP contribution in [0.1, 0.15) is 21.7 Å². The molecule has 1 heterocycles. The fourth-order valence-electron chi connectivity index (χ4n) is 3.28. The Bertz CT molecular complexity index is 1030. The average Bonchev–Trinajstić information content (AvgIpc) is 3.03. The molecule has 7 heteroatoms. The third kappa shape index (κ3) is 4.63. The Morgan fingerprint density at radius 1 is 1.00 bits per heavy atom. The minimum atomic E-state index is -0.304. The van der Waals surface area contributed by atoms with Gasteiger partial charge in [0.1, 0.15) is 12.4 Å². The van der Waals surface area contributed by atoms with Crippen molar-refractivity contribution in [2.45, 2.75) is 13.8 Å². The van der Waals surface area contributed by atoms with Gasteiger partial charge >= 0.3 is 0 Å². The quantitative estimate of drug-likeness (QED) is 0.553. The zero-order valence-corrected chi connectivity index (χ0v) is 17.5. The van der Waals surface area contributed by atoms with E-state index in [1.54, 1.807) is 44.6 Å². The van der Waals surface area contributed by atoms with Gasteiger partial charge in [-0.15, -0.1) is 0 Å². The molecule has 1 aromatic heterocycles. The summed E-state index contributed by atoms with van der Waals surface area (Å²) in [5, 5.41) is 2.90. The van der Waals surface area contributed by atoms with Gasteiger partial charge in [-0.05, 0) is 56.3 Å². The standard InChI is InChI=1S/C23H25FN2O4/c1-15-13-20(16(2)26(15)19-8-5-17(24)6-9-19)23(27)25-18-7-10-21(29-4)22(14-18)30-12-11-28-3/h5-10,13-14H,11-12H2,1-4H3,(H,25,27). The second-order valence-electron chi connectivity index (χ2n) is 6.76. The van der Waals surface area contributed by atoms with Crippen LogP contribution in [0, 0.1) is 19.7 Å². The third-order valence-electron chi connectivity index (χ3n) is 4.73. The van der Waals surface area contributed by atoms with Crippen LogP contribution in [-0.2, 0) is 4.74 Å². The number of benzene rings is 2. The Kier molecular flexibility index (Phi) is 6.74. The van der Waals surface area contributed by atoms with Crippen LogP contribution in [0.2, 0.25) is 0 Å². The van der Waals surface area contributed by atoms with E-state index >= 15 is 0 Å². The highest BCUT2D eigenvalue weighted by atomic mass is 19.1. The van der Waals surface area contributed by atoms with Crippen LogP contribution in [-0.4, -0.2) is 37.9 Å². The summed E-state index contributed by atoms with van der Waals surface area (Å²) in [6, 6.07) is 13.2. The molecule has 30 heavy (non-hydrogen) atoms. The lowest BCUT2D eigenvalue weighted by atomic mass is 10.2. The van der Waals surface area contributed by atoms with E-state index in [2.05, 4.69) is 5.32 Å². The lowest BCUT2D eigenvalue weighted by Gasteiger charge is -2.13. The molecular formula is C23H25FN2O4. The van der Waals surface area contributed by atoms with Crippen LogP contribution in [0.25, 0.3) is 5.69 Å². The van der Waals surface area contributed by atoms with Gasteiger partial charge in [-0.25, -0.2) is 4.39 Å². The number of aryl methyl sites for hydroxylation is 1. The molecule has 0 aliphatic carbocycles. The summed E-state index contributed by atoms with van der Waals surface area (Å²) in [5.41, 5.74) is 3.56. The van der Waals surface area contributed by atoms with Crippen molar-refractivity contribution in [2.75, 3.05) is 32.8 Å². The maximum absolute atomic E-state index is 13.3. The van der Waals surface area contributed by atoms with E-state index in [-0.39, 0.29) is 11.7 Å². The van der Waals surface area contributed by atoms with Crippen LogP contribution >= 0.6 is 0 Å². The minimum Gasteiger partial charge on any atom is -0.493 e. The van der Waals surface area contributed by atoms with Gasteiger partial charge in [0.25, 0.3) is 5.91 Å². The molecule has 0 saturated heterocycles. The predicted molar refractivity (Wildman–Crippen MR) is 114 cm³/mol. The molecule has 0 aliphatic heterocycles. The molecule has 3 aromatic rings. The van der Waals surface area contributed by atoms with E-state index in [1.165, 1.54) is 12.1 Å². The Morgan fingerprint density at radius 3 is 2.40 bits per heavy atom. The number of carbonyl (C=O) groups excluding carboxylic acids is 1. The first-order valence-electron chi connectivity index (χ1n) is 9.50. The Balaban J connectivity index is 1.83. The Morgan fingerprint density at radius 2 is 1.73 bits per heavy atom. The first-order valence-corrected chi connectivity index (χ1v) is 9.50. The fourth-order valence-corrected chi connectivity index (χ4v) is 3.28. The fraction of sp³-hybridized carbons (Fsp3) is 0.261. The highest BCUT2D eigenvalue weighted by molar-refractivity contribution is 6.05. The smallest absolute Gasteiger partial charge is 0.257 e. The summed E-state index contributed by atoms with van der Waals surface area (Å²) in [5.74, 6) is 0.536. The molecule has 0 fully saturated rings. The molecule has 6 nitrogen and oxygen atoms in total. The summed E-state index contributed by atoms with van der Waals surface area (Å²) in [7, 11) is 3.15. The van der Waals surface area contributed by atoms with Gasteiger partial charge in [-0.3, -0.25) is 4.79 Å². The van der Waals surface area contributed by atoms with Gasteiger partial charge in [0.2, 0.25) is 0 Å². The van der Waals surface area contributed by atoms with E-state index in [0.29, 0.717) is 36.0 Å². The number of hydrogen-bond donors (Lipinski definition) is 1. The van der Waals surface area contributed by atoms with E-state index in [1.807, 2.05) is 24.5 Å². The lowest BCUT2D eigenvalue weighted by Crippen LogP contribution is -2.13. The number of nitrogens with zero attached hydrogens (tertiary/aromatic N) is 1. The first-order chi connectivity index (χ1) is 14.4. The van der Waals surface area contributed by atoms with Crippen LogP contribution in [0.4, 0.5) is 10.1 Å². The molecule has 0 spiro atoms. The SMILES string of the molecule is COCCOc1cc(NC(=O)c2cc(C)n(-c3ccc(F)cc3)c2C)ccc1OC. The molecule has 158 valence electrons. The van der Waals surface area contributed by atoms with Crippen molar-refractivity contribution in [2.24, 2.45) is 0 Å². The van der Waals surface area contributed by atoms with Gasteiger partial charge in [0.05, 0.1) is 19.3 Å². The maximum atomic E-state index is 13.3. The molecule has 2 aromatic carbocycles. The van der Waals surface area contributed by atoms with Gasteiger partial charge in [0.15, 0.2) is 11.5 Å². The van der Waals surface area contributed by atoms with Gasteiger partial charge < -0.3 is 24.1 Å². The molecule has 1 N–H and O–H groups in total. The van der Waals surface area contributed by atoms with E-state index in [9.17, 15) is 9.18 Å². The van der Waals surface area contributed by atoms with Crippen LogP contribution < -0.4 is 14.8 Å². The molecule has 3 rings (SSSR count). The summed E-state index contributed by atoms with van der Waals surface area (Å²) in [6.07, 6.45) is 0. The highest BCUT2D eigenvalue weighted by Crippen LogP contribution is 2.31. The van der Waals surface area contributed by atoms with Gasteiger partial charge in [0, 0.05) is 35.9 Å².